The molecule has 0 amide bonds. The molecule has 2 heterocycles. The minimum Gasteiger partial charge on any atom is -0.396 e. The van der Waals surface area contributed by atoms with Gasteiger partial charge in [0.05, 0.1) is 0 Å². The fraction of sp³-hybridized carbons (Fsp3) is 0.267. The quantitative estimate of drug-likeness (QED) is 0.738. The van der Waals surface area contributed by atoms with Crippen molar-refractivity contribution in [2.24, 2.45) is 0 Å². The highest BCUT2D eigenvalue weighted by atomic mass is 16.3. The highest BCUT2D eigenvalue weighted by molar-refractivity contribution is 6.06. The van der Waals surface area contributed by atoms with E-state index in [0.29, 0.717) is 0 Å². The van der Waals surface area contributed by atoms with Crippen LogP contribution in [0.5, 0.6) is 0 Å². The lowest BCUT2D eigenvalue weighted by Gasteiger charge is -2.11. The van der Waals surface area contributed by atoms with E-state index in [2.05, 4.69) is 35.1 Å². The van der Waals surface area contributed by atoms with Gasteiger partial charge in [0.2, 0.25) is 0 Å². The zero-order valence-electron chi connectivity index (χ0n) is 10.4. The average molecular weight is 240 g/mol. The van der Waals surface area contributed by atoms with Crippen molar-refractivity contribution in [1.29, 1.82) is 0 Å². The molecule has 3 rings (SSSR count). The van der Waals surface area contributed by atoms with Gasteiger partial charge in [-0.1, -0.05) is 13.0 Å². The Bertz CT molecular complexity index is 683. The van der Waals surface area contributed by atoms with Crippen molar-refractivity contribution in [3.8, 4) is 0 Å². The summed E-state index contributed by atoms with van der Waals surface area (Å²) in [5.41, 5.74) is 3.42. The van der Waals surface area contributed by atoms with Crippen LogP contribution in [0.4, 0.5) is 0 Å². The summed E-state index contributed by atoms with van der Waals surface area (Å²) in [6.07, 6.45) is 4.63. The van der Waals surface area contributed by atoms with Crippen molar-refractivity contribution in [1.82, 2.24) is 9.97 Å². The summed E-state index contributed by atoms with van der Waals surface area (Å²) in [4.78, 5) is 7.56. The lowest BCUT2D eigenvalue weighted by atomic mass is 9.96. The first-order valence-electron chi connectivity index (χ1n) is 6.29. The van der Waals surface area contributed by atoms with Gasteiger partial charge < -0.3 is 10.1 Å². The van der Waals surface area contributed by atoms with Crippen LogP contribution in [0.1, 0.15) is 24.8 Å². The molecule has 18 heavy (non-hydrogen) atoms. The van der Waals surface area contributed by atoms with Crippen molar-refractivity contribution >= 4 is 21.8 Å². The molecule has 3 heteroatoms. The van der Waals surface area contributed by atoms with Gasteiger partial charge in [0, 0.05) is 46.7 Å². The van der Waals surface area contributed by atoms with Gasteiger partial charge in [-0.3, -0.25) is 4.98 Å². The van der Waals surface area contributed by atoms with Gasteiger partial charge in [-0.05, 0) is 30.2 Å². The number of benzene rings is 1. The molecule has 92 valence electrons. The predicted molar refractivity (Wildman–Crippen MR) is 73.7 cm³/mol. The fourth-order valence-electron chi connectivity index (χ4n) is 2.48. The molecule has 1 unspecified atom stereocenters. The number of aliphatic hydroxyl groups excluding tert-OH is 1. The van der Waals surface area contributed by atoms with Crippen molar-refractivity contribution in [2.45, 2.75) is 19.3 Å². The van der Waals surface area contributed by atoms with Crippen molar-refractivity contribution in [3.63, 3.8) is 0 Å². The Hall–Kier alpha value is -1.87. The Kier molecular flexibility index (Phi) is 2.76. The second-order valence-corrected chi connectivity index (χ2v) is 4.64. The van der Waals surface area contributed by atoms with Crippen LogP contribution in [0.3, 0.4) is 0 Å². The Morgan fingerprint density at radius 2 is 2.06 bits per heavy atom. The van der Waals surface area contributed by atoms with Gasteiger partial charge in [0.25, 0.3) is 0 Å². The second-order valence-electron chi connectivity index (χ2n) is 4.64. The normalized spacial score (nSPS) is 13.2. The van der Waals surface area contributed by atoms with E-state index in [1.54, 1.807) is 6.20 Å². The number of aliphatic hydroxyl groups is 1. The molecule has 3 nitrogen and oxygen atoms in total. The van der Waals surface area contributed by atoms with Crippen LogP contribution in [-0.2, 0) is 0 Å². The number of hydrogen-bond acceptors (Lipinski definition) is 2. The van der Waals surface area contributed by atoms with Crippen LogP contribution in [0.25, 0.3) is 21.8 Å². The minimum atomic E-state index is 0.197. The third-order valence-electron chi connectivity index (χ3n) is 3.61. The molecule has 0 spiro atoms. The van der Waals surface area contributed by atoms with Crippen molar-refractivity contribution in [3.05, 3.63) is 42.2 Å². The fourth-order valence-corrected chi connectivity index (χ4v) is 2.48. The standard InChI is InChI=1S/C15H16N2O/c1-2-10(9-18)11-3-4-14-12(7-11)13-8-16-6-5-15(13)17-14/h3-8,10,17-18H,2,9H2,1H3. The van der Waals surface area contributed by atoms with Gasteiger partial charge in [0.15, 0.2) is 0 Å². The lowest BCUT2D eigenvalue weighted by molar-refractivity contribution is 0.262. The molecule has 2 aromatic heterocycles. The molecule has 0 aliphatic carbocycles. The molecule has 3 aromatic rings. The molecular formula is C15H16N2O. The third kappa shape index (κ3) is 1.68. The van der Waals surface area contributed by atoms with E-state index >= 15 is 0 Å². The predicted octanol–water partition coefficient (Wildman–Crippen LogP) is 3.20. The third-order valence-corrected chi connectivity index (χ3v) is 3.61. The second kappa shape index (κ2) is 4.42. The summed E-state index contributed by atoms with van der Waals surface area (Å²) >= 11 is 0. The molecular weight excluding hydrogens is 224 g/mol. The van der Waals surface area contributed by atoms with E-state index in [-0.39, 0.29) is 12.5 Å². The highest BCUT2D eigenvalue weighted by Crippen LogP contribution is 2.28. The molecule has 0 fully saturated rings. The maximum atomic E-state index is 9.40. The smallest absolute Gasteiger partial charge is 0.0499 e. The topological polar surface area (TPSA) is 48.9 Å². The number of aromatic nitrogens is 2. The maximum absolute atomic E-state index is 9.40. The summed E-state index contributed by atoms with van der Waals surface area (Å²) in [7, 11) is 0. The van der Waals surface area contributed by atoms with Crippen LogP contribution in [0.2, 0.25) is 0 Å². The van der Waals surface area contributed by atoms with Crippen LogP contribution in [0, 0.1) is 0 Å². The largest absolute Gasteiger partial charge is 0.396 e. The van der Waals surface area contributed by atoms with E-state index in [0.717, 1.165) is 22.8 Å². The zero-order valence-corrected chi connectivity index (χ0v) is 10.4. The number of H-pyrrole nitrogens is 1. The summed E-state index contributed by atoms with van der Waals surface area (Å²) < 4.78 is 0. The Morgan fingerprint density at radius 3 is 2.83 bits per heavy atom. The lowest BCUT2D eigenvalue weighted by Crippen LogP contribution is -2.01. The molecule has 1 atom stereocenters. The average Bonchev–Trinajstić information content (AvgIpc) is 2.78. The van der Waals surface area contributed by atoms with Crippen LogP contribution in [-0.4, -0.2) is 21.7 Å². The zero-order chi connectivity index (χ0) is 12.5. The Balaban J connectivity index is 2.24. The number of aromatic amines is 1. The molecule has 0 aliphatic heterocycles. The molecule has 2 N–H and O–H groups in total. The maximum Gasteiger partial charge on any atom is 0.0499 e. The van der Waals surface area contributed by atoms with E-state index in [1.807, 2.05) is 12.3 Å². The van der Waals surface area contributed by atoms with Crippen LogP contribution >= 0.6 is 0 Å². The number of pyridine rings is 1. The summed E-state index contributed by atoms with van der Waals surface area (Å²) in [6.45, 7) is 2.30. The van der Waals surface area contributed by atoms with Crippen LogP contribution < -0.4 is 0 Å². The number of hydrogen-bond donors (Lipinski definition) is 2. The molecule has 1 aromatic carbocycles. The van der Waals surface area contributed by atoms with Crippen LogP contribution in [0.15, 0.2) is 36.7 Å². The minimum absolute atomic E-state index is 0.197. The van der Waals surface area contributed by atoms with Crippen molar-refractivity contribution < 1.29 is 5.11 Å². The van der Waals surface area contributed by atoms with E-state index in [4.69, 9.17) is 0 Å². The Labute approximate surface area is 105 Å². The summed E-state index contributed by atoms with van der Waals surface area (Å²) in [6, 6.07) is 8.33. The van der Waals surface area contributed by atoms with Gasteiger partial charge >= 0.3 is 0 Å². The summed E-state index contributed by atoms with van der Waals surface area (Å²) in [5.74, 6) is 0.219. The number of nitrogens with one attached hydrogen (secondary N) is 1. The van der Waals surface area contributed by atoms with Gasteiger partial charge in [-0.2, -0.15) is 0 Å². The molecule has 0 saturated heterocycles. The van der Waals surface area contributed by atoms with E-state index in [1.165, 1.54) is 10.9 Å². The molecule has 0 radical (unpaired) electrons. The summed E-state index contributed by atoms with van der Waals surface area (Å²) in [5, 5.41) is 11.7. The number of rotatable bonds is 3. The number of nitrogens with zero attached hydrogens (tertiary/aromatic N) is 1. The van der Waals surface area contributed by atoms with Gasteiger partial charge in [-0.25, -0.2) is 0 Å². The first kappa shape index (κ1) is 11.2. The van der Waals surface area contributed by atoms with Crippen molar-refractivity contribution in [2.75, 3.05) is 6.61 Å². The molecule has 0 saturated carbocycles. The van der Waals surface area contributed by atoms with Gasteiger partial charge in [-0.15, -0.1) is 0 Å². The molecule has 0 bridgehead atoms. The van der Waals surface area contributed by atoms with E-state index in [9.17, 15) is 5.11 Å². The number of fused-ring (bicyclic) bond motifs is 3. The SMILES string of the molecule is CCC(CO)c1ccc2[nH]c3ccncc3c2c1. The monoisotopic (exact) mass is 240 g/mol. The van der Waals surface area contributed by atoms with Gasteiger partial charge in [0.1, 0.15) is 0 Å². The first-order chi connectivity index (χ1) is 8.83. The Morgan fingerprint density at radius 1 is 1.22 bits per heavy atom. The highest BCUT2D eigenvalue weighted by Gasteiger charge is 2.10. The molecule has 0 aliphatic rings. The first-order valence-corrected chi connectivity index (χ1v) is 6.29. The van der Waals surface area contributed by atoms with E-state index < -0.39 is 0 Å².